The predicted molar refractivity (Wildman–Crippen MR) is 66.0 cm³/mol. The van der Waals surface area contributed by atoms with E-state index in [-0.39, 0.29) is 5.82 Å². The molecule has 1 fully saturated rings. The molecule has 1 aromatic rings. The highest BCUT2D eigenvalue weighted by atomic mass is 16.7. The average molecular weight is 285 g/mol. The van der Waals surface area contributed by atoms with E-state index in [1.807, 2.05) is 0 Å². The molecule has 9 nitrogen and oxygen atoms in total. The molecule has 1 aliphatic heterocycles. The van der Waals surface area contributed by atoms with Crippen LogP contribution in [0.3, 0.4) is 0 Å². The Labute approximate surface area is 113 Å². The summed E-state index contributed by atoms with van der Waals surface area (Å²) >= 11 is 0. The number of carboxylic acid groups (broad SMARTS) is 1. The second kappa shape index (κ2) is 5.47. The van der Waals surface area contributed by atoms with Crippen LogP contribution < -0.4 is 11.4 Å². The lowest BCUT2D eigenvalue weighted by Gasteiger charge is -2.19. The zero-order valence-electron chi connectivity index (χ0n) is 10.7. The second-order valence-corrected chi connectivity index (χ2v) is 4.50. The fraction of sp³-hybridized carbons (Fsp3) is 0.545. The Kier molecular flexibility index (Phi) is 3.91. The number of hydrogen-bond acceptors (Lipinski definition) is 7. The molecule has 1 aromatic heterocycles. The Bertz CT molecular complexity index is 559. The number of nitrogens with two attached hydrogens (primary N) is 1. The van der Waals surface area contributed by atoms with Gasteiger partial charge in [-0.3, -0.25) is 4.57 Å². The molecular weight excluding hydrogens is 270 g/mol. The summed E-state index contributed by atoms with van der Waals surface area (Å²) < 4.78 is 11.4. The molecule has 110 valence electrons. The van der Waals surface area contributed by atoms with Crippen molar-refractivity contribution in [3.63, 3.8) is 0 Å². The summed E-state index contributed by atoms with van der Waals surface area (Å²) in [4.78, 5) is 26.0. The molecule has 0 saturated carbocycles. The summed E-state index contributed by atoms with van der Waals surface area (Å²) in [7, 11) is 0. The number of nitrogens with zero attached hydrogens (tertiary/aromatic N) is 2. The van der Waals surface area contributed by atoms with E-state index in [2.05, 4.69) is 4.98 Å². The van der Waals surface area contributed by atoms with Crippen LogP contribution in [-0.2, 0) is 9.47 Å². The van der Waals surface area contributed by atoms with Crippen LogP contribution in [0.2, 0.25) is 0 Å². The molecule has 4 N–H and O–H groups in total. The van der Waals surface area contributed by atoms with Crippen molar-refractivity contribution in [3.05, 3.63) is 22.7 Å². The minimum absolute atomic E-state index is 0.0777. The van der Waals surface area contributed by atoms with Gasteiger partial charge in [0, 0.05) is 12.1 Å². The van der Waals surface area contributed by atoms with Crippen LogP contribution in [0.5, 0.6) is 0 Å². The van der Waals surface area contributed by atoms with Crippen molar-refractivity contribution in [1.82, 2.24) is 9.55 Å². The van der Waals surface area contributed by atoms with Gasteiger partial charge < -0.3 is 25.4 Å². The fourth-order valence-electron chi connectivity index (χ4n) is 2.27. The van der Waals surface area contributed by atoms with Gasteiger partial charge in [0.25, 0.3) is 0 Å². The first-order valence-electron chi connectivity index (χ1n) is 5.94. The Hall–Kier alpha value is -2.13. The fourth-order valence-corrected chi connectivity index (χ4v) is 2.27. The first-order valence-corrected chi connectivity index (χ1v) is 5.94. The maximum absolute atomic E-state index is 11.8. The standard InChI is InChI=1S/C11H15N3O6/c1-5-8(20-11(17)18)6(4-15)19-9(5)14-3-2-7(12)13-10(14)16/h2-3,5-6,8-9,15H,4H2,1H3,(H,17,18)(H2,12,13,16)/t5-,6+,8-,9+/m0/s1. The first-order chi connectivity index (χ1) is 9.43. The summed E-state index contributed by atoms with van der Waals surface area (Å²) in [6, 6.07) is 1.43. The first kappa shape index (κ1) is 14.3. The summed E-state index contributed by atoms with van der Waals surface area (Å²) in [5, 5.41) is 17.9. The molecule has 2 heterocycles. The molecule has 1 saturated heterocycles. The molecule has 0 amide bonds. The van der Waals surface area contributed by atoms with E-state index < -0.39 is 42.8 Å². The van der Waals surface area contributed by atoms with E-state index in [0.29, 0.717) is 0 Å². The van der Waals surface area contributed by atoms with Crippen molar-refractivity contribution in [2.45, 2.75) is 25.4 Å². The van der Waals surface area contributed by atoms with E-state index in [1.165, 1.54) is 16.8 Å². The third-order valence-electron chi connectivity index (χ3n) is 3.19. The van der Waals surface area contributed by atoms with Crippen molar-refractivity contribution in [2.75, 3.05) is 12.3 Å². The third kappa shape index (κ3) is 2.58. The van der Waals surface area contributed by atoms with E-state index >= 15 is 0 Å². The van der Waals surface area contributed by atoms with Crippen LogP contribution in [0.25, 0.3) is 0 Å². The highest BCUT2D eigenvalue weighted by Gasteiger charge is 2.45. The molecule has 0 aromatic carbocycles. The Morgan fingerprint density at radius 3 is 2.90 bits per heavy atom. The lowest BCUT2D eigenvalue weighted by Crippen LogP contribution is -2.34. The van der Waals surface area contributed by atoms with Gasteiger partial charge in [0.1, 0.15) is 24.3 Å². The second-order valence-electron chi connectivity index (χ2n) is 4.50. The summed E-state index contributed by atoms with van der Waals surface area (Å²) in [6.07, 6.45) is -2.55. The van der Waals surface area contributed by atoms with Crippen molar-refractivity contribution in [1.29, 1.82) is 0 Å². The molecule has 0 radical (unpaired) electrons. The molecule has 4 atom stereocenters. The van der Waals surface area contributed by atoms with Gasteiger partial charge >= 0.3 is 11.8 Å². The lowest BCUT2D eigenvalue weighted by molar-refractivity contribution is -0.0540. The average Bonchev–Trinajstić information content (AvgIpc) is 2.67. The SMILES string of the molecule is C[C@H]1[C@H](OC(=O)O)[C@@H](CO)O[C@H]1n1ccc(N)nc1=O. The van der Waals surface area contributed by atoms with Gasteiger partial charge in [-0.05, 0) is 6.07 Å². The van der Waals surface area contributed by atoms with Crippen molar-refractivity contribution >= 4 is 12.0 Å². The lowest BCUT2D eigenvalue weighted by atomic mass is 10.0. The van der Waals surface area contributed by atoms with Crippen LogP contribution in [-0.4, -0.2) is 44.7 Å². The maximum Gasteiger partial charge on any atom is 0.506 e. The Morgan fingerprint density at radius 2 is 2.35 bits per heavy atom. The Morgan fingerprint density at radius 1 is 1.65 bits per heavy atom. The zero-order chi connectivity index (χ0) is 14.9. The van der Waals surface area contributed by atoms with E-state index in [1.54, 1.807) is 6.92 Å². The van der Waals surface area contributed by atoms with Gasteiger partial charge in [-0.2, -0.15) is 4.98 Å². The number of aliphatic hydroxyl groups is 1. The molecule has 0 unspecified atom stereocenters. The number of carbonyl (C=O) groups is 1. The van der Waals surface area contributed by atoms with Gasteiger partial charge in [-0.1, -0.05) is 6.92 Å². The minimum atomic E-state index is -1.47. The number of nitrogen functional groups attached to an aromatic ring is 1. The number of aromatic nitrogens is 2. The van der Waals surface area contributed by atoms with Crippen LogP contribution in [0.4, 0.5) is 10.6 Å². The number of ether oxygens (including phenoxy) is 2. The van der Waals surface area contributed by atoms with Gasteiger partial charge in [-0.25, -0.2) is 9.59 Å². The van der Waals surface area contributed by atoms with E-state index in [9.17, 15) is 14.7 Å². The quantitative estimate of drug-likeness (QED) is 0.627. The summed E-state index contributed by atoms with van der Waals surface area (Å²) in [5.41, 5.74) is 4.78. The van der Waals surface area contributed by atoms with E-state index in [0.717, 1.165) is 0 Å². The zero-order valence-corrected chi connectivity index (χ0v) is 10.7. The van der Waals surface area contributed by atoms with Crippen LogP contribution >= 0.6 is 0 Å². The molecule has 20 heavy (non-hydrogen) atoms. The van der Waals surface area contributed by atoms with Crippen LogP contribution in [0.1, 0.15) is 13.2 Å². The minimum Gasteiger partial charge on any atom is -0.450 e. The van der Waals surface area contributed by atoms with Crippen LogP contribution in [0.15, 0.2) is 17.1 Å². The molecule has 0 spiro atoms. The van der Waals surface area contributed by atoms with Crippen molar-refractivity contribution in [3.8, 4) is 0 Å². The molecule has 0 aliphatic carbocycles. The molecule has 9 heteroatoms. The molecular formula is C11H15N3O6. The summed E-state index contributed by atoms with van der Waals surface area (Å²) in [6.45, 7) is 1.24. The largest absolute Gasteiger partial charge is 0.506 e. The topological polar surface area (TPSA) is 137 Å². The summed E-state index contributed by atoms with van der Waals surface area (Å²) in [5.74, 6) is -0.389. The van der Waals surface area contributed by atoms with E-state index in [4.69, 9.17) is 20.3 Å². The number of aliphatic hydroxyl groups excluding tert-OH is 1. The van der Waals surface area contributed by atoms with Crippen LogP contribution in [0, 0.1) is 5.92 Å². The molecule has 1 aliphatic rings. The highest BCUT2D eigenvalue weighted by molar-refractivity contribution is 5.57. The van der Waals surface area contributed by atoms with Crippen molar-refractivity contribution < 1.29 is 24.5 Å². The Balaban J connectivity index is 2.29. The molecule has 0 bridgehead atoms. The highest BCUT2D eigenvalue weighted by Crippen LogP contribution is 2.35. The van der Waals surface area contributed by atoms with Crippen molar-refractivity contribution in [2.24, 2.45) is 5.92 Å². The third-order valence-corrected chi connectivity index (χ3v) is 3.19. The number of rotatable bonds is 3. The molecule has 2 rings (SSSR count). The predicted octanol–water partition coefficient (Wildman–Crippen LogP) is -0.586. The monoisotopic (exact) mass is 285 g/mol. The smallest absolute Gasteiger partial charge is 0.450 e. The van der Waals surface area contributed by atoms with Gasteiger partial charge in [0.2, 0.25) is 0 Å². The van der Waals surface area contributed by atoms with Gasteiger partial charge in [-0.15, -0.1) is 0 Å². The normalized spacial score (nSPS) is 29.3. The van der Waals surface area contributed by atoms with Gasteiger partial charge in [0.15, 0.2) is 0 Å². The number of anilines is 1. The number of hydrogen-bond donors (Lipinski definition) is 3. The maximum atomic E-state index is 11.8. The van der Waals surface area contributed by atoms with Gasteiger partial charge in [0.05, 0.1) is 6.61 Å².